The highest BCUT2D eigenvalue weighted by Gasteiger charge is 2.22. The van der Waals surface area contributed by atoms with Gasteiger partial charge >= 0.3 is 0 Å². The fourth-order valence-corrected chi connectivity index (χ4v) is 1.78. The van der Waals surface area contributed by atoms with Gasteiger partial charge in [-0.15, -0.1) is 0 Å². The summed E-state index contributed by atoms with van der Waals surface area (Å²) in [6.07, 6.45) is 7.32. The number of carbonyl (C=O) groups is 3. The van der Waals surface area contributed by atoms with Crippen molar-refractivity contribution in [3.63, 3.8) is 0 Å². The fourth-order valence-electron chi connectivity index (χ4n) is 1.78. The van der Waals surface area contributed by atoms with Crippen molar-refractivity contribution < 1.29 is 14.4 Å². The van der Waals surface area contributed by atoms with Gasteiger partial charge in [-0.3, -0.25) is 19.3 Å². The minimum Gasteiger partial charge on any atom is -0.300 e. The maximum absolute atomic E-state index is 11.5. The molecule has 1 aliphatic rings. The monoisotopic (exact) mass is 237 g/mol. The highest BCUT2D eigenvalue weighted by atomic mass is 16.2. The van der Waals surface area contributed by atoms with Gasteiger partial charge in [-0.05, 0) is 12.8 Å². The molecule has 4 heteroatoms. The number of hydrogen-bond acceptors (Lipinski definition) is 3. The third-order valence-corrected chi connectivity index (χ3v) is 2.80. The Morgan fingerprint density at radius 3 is 2.24 bits per heavy atom. The van der Waals surface area contributed by atoms with Crippen LogP contribution in [-0.4, -0.2) is 29.0 Å². The number of carbonyl (C=O) groups excluding carboxylic acids is 3. The van der Waals surface area contributed by atoms with Gasteiger partial charge in [0.1, 0.15) is 5.78 Å². The Morgan fingerprint density at radius 1 is 1.06 bits per heavy atom. The van der Waals surface area contributed by atoms with Gasteiger partial charge < -0.3 is 0 Å². The first-order chi connectivity index (χ1) is 8.15. The van der Waals surface area contributed by atoms with E-state index in [-0.39, 0.29) is 17.6 Å². The number of hydrogen-bond donors (Lipinski definition) is 0. The quantitative estimate of drug-likeness (QED) is 0.478. The predicted molar refractivity (Wildman–Crippen MR) is 64.2 cm³/mol. The number of rotatable bonds is 8. The first kappa shape index (κ1) is 13.6. The summed E-state index contributed by atoms with van der Waals surface area (Å²) in [6.45, 7) is 2.45. The fraction of sp³-hybridized carbons (Fsp3) is 0.615. The van der Waals surface area contributed by atoms with E-state index in [4.69, 9.17) is 0 Å². The van der Waals surface area contributed by atoms with Crippen molar-refractivity contribution >= 4 is 17.6 Å². The van der Waals surface area contributed by atoms with Crippen molar-refractivity contribution in [2.75, 3.05) is 6.54 Å². The molecular weight excluding hydrogens is 218 g/mol. The molecule has 4 nitrogen and oxygen atoms in total. The molecular formula is C13H19NO3. The molecule has 1 rings (SSSR count). The van der Waals surface area contributed by atoms with Crippen LogP contribution in [0.4, 0.5) is 0 Å². The van der Waals surface area contributed by atoms with E-state index >= 15 is 0 Å². The highest BCUT2D eigenvalue weighted by Crippen LogP contribution is 2.08. The van der Waals surface area contributed by atoms with Crippen LogP contribution in [0, 0.1) is 0 Å². The van der Waals surface area contributed by atoms with Crippen LogP contribution in [0.1, 0.15) is 45.4 Å². The Hall–Kier alpha value is -1.45. The molecule has 17 heavy (non-hydrogen) atoms. The number of amides is 2. The summed E-state index contributed by atoms with van der Waals surface area (Å²) in [4.78, 5) is 35.0. The average molecular weight is 237 g/mol. The van der Waals surface area contributed by atoms with E-state index < -0.39 is 0 Å². The second kappa shape index (κ2) is 6.99. The standard InChI is InChI=1S/C13H19NO3/c1-2-3-4-6-11(15)7-5-10-14-12(16)8-9-13(14)17/h8-9H,2-7,10H2,1H3. The Labute approximate surface area is 102 Å². The van der Waals surface area contributed by atoms with Crippen LogP contribution in [0.15, 0.2) is 12.2 Å². The number of unbranched alkanes of at least 4 members (excludes halogenated alkanes) is 2. The van der Waals surface area contributed by atoms with E-state index in [0.717, 1.165) is 19.3 Å². The molecule has 1 heterocycles. The van der Waals surface area contributed by atoms with Gasteiger partial charge in [-0.2, -0.15) is 0 Å². The zero-order valence-corrected chi connectivity index (χ0v) is 10.3. The summed E-state index contributed by atoms with van der Waals surface area (Å²) >= 11 is 0. The Kier molecular flexibility index (Phi) is 5.60. The Bertz CT molecular complexity index is 316. The number of imide groups is 1. The largest absolute Gasteiger partial charge is 0.300 e. The molecule has 0 radical (unpaired) electrons. The summed E-state index contributed by atoms with van der Waals surface area (Å²) in [5.41, 5.74) is 0. The molecule has 0 bridgehead atoms. The second-order valence-electron chi connectivity index (χ2n) is 4.26. The molecule has 0 N–H and O–H groups in total. The maximum Gasteiger partial charge on any atom is 0.253 e. The summed E-state index contributed by atoms with van der Waals surface area (Å²) in [5, 5.41) is 0. The molecule has 0 aliphatic carbocycles. The topological polar surface area (TPSA) is 54.5 Å². The molecule has 0 unspecified atom stereocenters. The predicted octanol–water partition coefficient (Wildman–Crippen LogP) is 1.84. The minimum atomic E-state index is -0.270. The summed E-state index contributed by atoms with van der Waals surface area (Å²) in [6, 6.07) is 0. The van der Waals surface area contributed by atoms with Gasteiger partial charge in [0.05, 0.1) is 0 Å². The van der Waals surface area contributed by atoms with Crippen molar-refractivity contribution in [2.45, 2.75) is 45.4 Å². The van der Waals surface area contributed by atoms with Crippen molar-refractivity contribution in [1.82, 2.24) is 4.90 Å². The van der Waals surface area contributed by atoms with Crippen LogP contribution >= 0.6 is 0 Å². The molecule has 0 saturated heterocycles. The summed E-state index contributed by atoms with van der Waals surface area (Å²) < 4.78 is 0. The van der Waals surface area contributed by atoms with Crippen molar-refractivity contribution in [3.05, 3.63) is 12.2 Å². The van der Waals surface area contributed by atoms with Crippen LogP contribution < -0.4 is 0 Å². The van der Waals surface area contributed by atoms with Crippen LogP contribution in [0.2, 0.25) is 0 Å². The molecule has 0 atom stereocenters. The van der Waals surface area contributed by atoms with E-state index in [9.17, 15) is 14.4 Å². The Morgan fingerprint density at radius 2 is 1.65 bits per heavy atom. The second-order valence-corrected chi connectivity index (χ2v) is 4.26. The first-order valence-electron chi connectivity index (χ1n) is 6.20. The van der Waals surface area contributed by atoms with E-state index in [1.165, 1.54) is 17.1 Å². The van der Waals surface area contributed by atoms with Gasteiger partial charge in [-0.1, -0.05) is 19.8 Å². The third-order valence-electron chi connectivity index (χ3n) is 2.80. The molecule has 2 amide bonds. The van der Waals surface area contributed by atoms with E-state index in [0.29, 0.717) is 25.8 Å². The molecule has 0 aromatic rings. The van der Waals surface area contributed by atoms with Gasteiger partial charge in [0, 0.05) is 31.5 Å². The zero-order valence-electron chi connectivity index (χ0n) is 10.3. The van der Waals surface area contributed by atoms with E-state index in [1.807, 2.05) is 0 Å². The lowest BCUT2D eigenvalue weighted by Crippen LogP contribution is -2.31. The van der Waals surface area contributed by atoms with Crippen molar-refractivity contribution in [2.24, 2.45) is 0 Å². The van der Waals surface area contributed by atoms with Gasteiger partial charge in [0.2, 0.25) is 0 Å². The first-order valence-corrected chi connectivity index (χ1v) is 6.20. The lowest BCUT2D eigenvalue weighted by atomic mass is 10.1. The van der Waals surface area contributed by atoms with Gasteiger partial charge in [0.25, 0.3) is 11.8 Å². The highest BCUT2D eigenvalue weighted by molar-refractivity contribution is 6.12. The SMILES string of the molecule is CCCCCC(=O)CCCN1C(=O)C=CC1=O. The number of ketones is 1. The average Bonchev–Trinajstić information content (AvgIpc) is 2.61. The van der Waals surface area contributed by atoms with E-state index in [2.05, 4.69) is 6.92 Å². The third kappa shape index (κ3) is 4.51. The minimum absolute atomic E-state index is 0.227. The Balaban J connectivity index is 2.13. The molecule has 0 spiro atoms. The van der Waals surface area contributed by atoms with Crippen LogP contribution in [0.3, 0.4) is 0 Å². The van der Waals surface area contributed by atoms with Crippen LogP contribution in [0.5, 0.6) is 0 Å². The molecule has 0 saturated carbocycles. The zero-order chi connectivity index (χ0) is 12.7. The van der Waals surface area contributed by atoms with Gasteiger partial charge in [0.15, 0.2) is 0 Å². The van der Waals surface area contributed by atoms with Crippen molar-refractivity contribution in [1.29, 1.82) is 0 Å². The smallest absolute Gasteiger partial charge is 0.253 e. The number of nitrogens with zero attached hydrogens (tertiary/aromatic N) is 1. The lowest BCUT2D eigenvalue weighted by molar-refractivity contribution is -0.137. The molecule has 0 fully saturated rings. The summed E-state index contributed by atoms with van der Waals surface area (Å²) in [5.74, 6) is -0.313. The lowest BCUT2D eigenvalue weighted by Gasteiger charge is -2.12. The normalized spacial score (nSPS) is 14.8. The van der Waals surface area contributed by atoms with Gasteiger partial charge in [-0.25, -0.2) is 0 Å². The van der Waals surface area contributed by atoms with Crippen LogP contribution in [-0.2, 0) is 14.4 Å². The van der Waals surface area contributed by atoms with Crippen LogP contribution in [0.25, 0.3) is 0 Å². The summed E-state index contributed by atoms with van der Waals surface area (Å²) in [7, 11) is 0. The van der Waals surface area contributed by atoms with E-state index in [1.54, 1.807) is 0 Å². The number of Topliss-reactive ketones (excluding diaryl/α,β-unsaturated/α-hetero) is 1. The molecule has 1 aliphatic heterocycles. The van der Waals surface area contributed by atoms with Crippen molar-refractivity contribution in [3.8, 4) is 0 Å². The molecule has 0 aromatic carbocycles. The molecule has 0 aromatic heterocycles. The molecule has 94 valence electrons. The maximum atomic E-state index is 11.5.